The minimum atomic E-state index is -4.39. The fourth-order valence-corrected chi connectivity index (χ4v) is 2.52. The molecule has 3 rings (SSSR count). The summed E-state index contributed by atoms with van der Waals surface area (Å²) in [5, 5.41) is 3.05. The van der Waals surface area contributed by atoms with Gasteiger partial charge in [-0.25, -0.2) is 0 Å². The Morgan fingerprint density at radius 2 is 1.41 bits per heavy atom. The number of nitrogens with one attached hydrogen (secondary N) is 1. The van der Waals surface area contributed by atoms with E-state index < -0.39 is 11.7 Å². The van der Waals surface area contributed by atoms with Crippen molar-refractivity contribution in [3.63, 3.8) is 0 Å². The number of carbonyl (C=O) groups excluding carboxylic acids is 1. The first-order valence-corrected chi connectivity index (χ1v) is 8.22. The fraction of sp³-hybridized carbons (Fsp3) is 0.0500. The molecule has 1 N–H and O–H groups in total. The van der Waals surface area contributed by atoms with Crippen molar-refractivity contribution in [1.82, 2.24) is 0 Å². The van der Waals surface area contributed by atoms with Crippen LogP contribution in [0.3, 0.4) is 0 Å². The van der Waals surface area contributed by atoms with Crippen LogP contribution in [0.4, 0.5) is 18.9 Å². The van der Waals surface area contributed by atoms with Gasteiger partial charge in [-0.1, -0.05) is 23.7 Å². The predicted molar refractivity (Wildman–Crippen MR) is 97.4 cm³/mol. The standard InChI is InChI=1S/C20H13ClF3NO2/c21-18-4-2-1-3-17(18)19(26)25-14-7-11-16(12-8-14)27-15-9-5-13(6-10-15)20(22,23)24/h1-12H,(H,25,26). The topological polar surface area (TPSA) is 38.3 Å². The Labute approximate surface area is 158 Å². The van der Waals surface area contributed by atoms with E-state index in [1.165, 1.54) is 12.1 Å². The summed E-state index contributed by atoms with van der Waals surface area (Å²) in [4.78, 5) is 12.2. The zero-order chi connectivity index (χ0) is 19.4. The van der Waals surface area contributed by atoms with E-state index in [0.29, 0.717) is 22.0 Å². The van der Waals surface area contributed by atoms with Crippen LogP contribution in [-0.2, 0) is 6.18 Å². The van der Waals surface area contributed by atoms with Crippen molar-refractivity contribution >= 4 is 23.2 Å². The molecule has 0 unspecified atom stereocenters. The minimum absolute atomic E-state index is 0.274. The average Bonchev–Trinajstić information content (AvgIpc) is 2.63. The second-order valence-electron chi connectivity index (χ2n) is 5.58. The van der Waals surface area contributed by atoms with Crippen molar-refractivity contribution in [3.05, 3.63) is 88.9 Å². The molecule has 1 amide bonds. The second kappa shape index (κ2) is 7.72. The van der Waals surface area contributed by atoms with Crippen molar-refractivity contribution in [3.8, 4) is 11.5 Å². The third-order valence-corrected chi connectivity index (χ3v) is 3.98. The van der Waals surface area contributed by atoms with Crippen LogP contribution in [-0.4, -0.2) is 5.91 Å². The Morgan fingerprint density at radius 3 is 1.96 bits per heavy atom. The number of hydrogen-bond donors (Lipinski definition) is 1. The summed E-state index contributed by atoms with van der Waals surface area (Å²) < 4.78 is 43.2. The molecule has 3 aromatic carbocycles. The monoisotopic (exact) mass is 391 g/mol. The molecule has 138 valence electrons. The van der Waals surface area contributed by atoms with E-state index in [1.54, 1.807) is 48.5 Å². The van der Waals surface area contributed by atoms with Gasteiger partial charge in [-0.15, -0.1) is 0 Å². The molecule has 0 aliphatic carbocycles. The van der Waals surface area contributed by atoms with Gasteiger partial charge in [-0.05, 0) is 60.7 Å². The van der Waals surface area contributed by atoms with Crippen LogP contribution in [0.25, 0.3) is 0 Å². The minimum Gasteiger partial charge on any atom is -0.457 e. The molecule has 0 radical (unpaired) electrons. The maximum atomic E-state index is 12.6. The Hall–Kier alpha value is -2.99. The van der Waals surface area contributed by atoms with Gasteiger partial charge in [-0.3, -0.25) is 4.79 Å². The van der Waals surface area contributed by atoms with E-state index in [4.69, 9.17) is 16.3 Å². The number of carbonyl (C=O) groups is 1. The van der Waals surface area contributed by atoms with Crippen LogP contribution in [0.5, 0.6) is 11.5 Å². The highest BCUT2D eigenvalue weighted by molar-refractivity contribution is 6.34. The number of ether oxygens (including phenoxy) is 1. The third kappa shape index (κ3) is 4.80. The van der Waals surface area contributed by atoms with Gasteiger partial charge < -0.3 is 10.1 Å². The summed E-state index contributed by atoms with van der Waals surface area (Å²) in [5.74, 6) is 0.346. The van der Waals surface area contributed by atoms with Crippen molar-refractivity contribution in [2.24, 2.45) is 0 Å². The number of halogens is 4. The molecule has 0 atom stereocenters. The molecule has 0 heterocycles. The normalized spacial score (nSPS) is 11.1. The lowest BCUT2D eigenvalue weighted by atomic mass is 10.2. The Kier molecular flexibility index (Phi) is 5.37. The van der Waals surface area contributed by atoms with Crippen LogP contribution in [0, 0.1) is 0 Å². The van der Waals surface area contributed by atoms with E-state index >= 15 is 0 Å². The number of benzene rings is 3. The number of anilines is 1. The maximum Gasteiger partial charge on any atom is 0.416 e. The molecule has 0 saturated heterocycles. The van der Waals surface area contributed by atoms with Crippen molar-refractivity contribution in [1.29, 1.82) is 0 Å². The zero-order valence-corrected chi connectivity index (χ0v) is 14.5. The third-order valence-electron chi connectivity index (χ3n) is 3.65. The van der Waals surface area contributed by atoms with Gasteiger partial charge in [0.05, 0.1) is 16.1 Å². The second-order valence-corrected chi connectivity index (χ2v) is 5.99. The van der Waals surface area contributed by atoms with E-state index in [1.807, 2.05) is 0 Å². The molecule has 7 heteroatoms. The first-order valence-electron chi connectivity index (χ1n) is 7.84. The van der Waals surface area contributed by atoms with Crippen LogP contribution >= 0.6 is 11.6 Å². The van der Waals surface area contributed by atoms with Crippen LogP contribution in [0.2, 0.25) is 5.02 Å². The van der Waals surface area contributed by atoms with E-state index in [0.717, 1.165) is 12.1 Å². The SMILES string of the molecule is O=C(Nc1ccc(Oc2ccc(C(F)(F)F)cc2)cc1)c1ccccc1Cl. The highest BCUT2D eigenvalue weighted by Gasteiger charge is 2.30. The van der Waals surface area contributed by atoms with Crippen molar-refractivity contribution in [2.45, 2.75) is 6.18 Å². The van der Waals surface area contributed by atoms with Crippen molar-refractivity contribution < 1.29 is 22.7 Å². The van der Waals surface area contributed by atoms with Gasteiger partial charge in [0.1, 0.15) is 11.5 Å². The highest BCUT2D eigenvalue weighted by Crippen LogP contribution is 2.31. The first-order chi connectivity index (χ1) is 12.8. The molecule has 0 aliphatic heterocycles. The van der Waals surface area contributed by atoms with Gasteiger partial charge in [0, 0.05) is 5.69 Å². The molecule has 3 nitrogen and oxygen atoms in total. The summed E-state index contributed by atoms with van der Waals surface area (Å²) in [6, 6.07) is 17.5. The lowest BCUT2D eigenvalue weighted by molar-refractivity contribution is -0.137. The molecule has 0 fully saturated rings. The van der Waals surface area contributed by atoms with Crippen LogP contribution in [0.15, 0.2) is 72.8 Å². The molecule has 27 heavy (non-hydrogen) atoms. The Bertz CT molecular complexity index is 939. The molecular formula is C20H13ClF3NO2. The Morgan fingerprint density at radius 1 is 0.852 bits per heavy atom. The van der Waals surface area contributed by atoms with Gasteiger partial charge in [-0.2, -0.15) is 13.2 Å². The number of alkyl halides is 3. The van der Waals surface area contributed by atoms with E-state index in [-0.39, 0.29) is 11.7 Å². The summed E-state index contributed by atoms with van der Waals surface area (Å²) in [6.07, 6.45) is -4.39. The number of amides is 1. The number of hydrogen-bond acceptors (Lipinski definition) is 2. The molecular weight excluding hydrogens is 379 g/mol. The van der Waals surface area contributed by atoms with Crippen LogP contribution in [0.1, 0.15) is 15.9 Å². The average molecular weight is 392 g/mol. The lowest BCUT2D eigenvalue weighted by Gasteiger charge is -2.10. The van der Waals surface area contributed by atoms with Gasteiger partial charge in [0.25, 0.3) is 5.91 Å². The summed E-state index contributed by atoms with van der Waals surface area (Å²) in [5.41, 5.74) is 0.136. The van der Waals surface area contributed by atoms with E-state index in [2.05, 4.69) is 5.32 Å². The summed E-state index contributed by atoms with van der Waals surface area (Å²) >= 11 is 5.99. The molecule has 0 saturated carbocycles. The summed E-state index contributed by atoms with van der Waals surface area (Å²) in [7, 11) is 0. The van der Waals surface area contributed by atoms with Gasteiger partial charge in [0.15, 0.2) is 0 Å². The predicted octanol–water partition coefficient (Wildman–Crippen LogP) is 6.40. The summed E-state index contributed by atoms with van der Waals surface area (Å²) in [6.45, 7) is 0. The highest BCUT2D eigenvalue weighted by atomic mass is 35.5. The van der Waals surface area contributed by atoms with Gasteiger partial charge >= 0.3 is 6.18 Å². The smallest absolute Gasteiger partial charge is 0.416 e. The quantitative estimate of drug-likeness (QED) is 0.558. The van der Waals surface area contributed by atoms with Crippen LogP contribution < -0.4 is 10.1 Å². The van der Waals surface area contributed by atoms with E-state index in [9.17, 15) is 18.0 Å². The number of rotatable bonds is 4. The molecule has 0 spiro atoms. The lowest BCUT2D eigenvalue weighted by Crippen LogP contribution is -2.12. The molecule has 0 aliphatic rings. The first kappa shape index (κ1) is 18.8. The molecule has 0 aromatic heterocycles. The fourth-order valence-electron chi connectivity index (χ4n) is 2.30. The van der Waals surface area contributed by atoms with Gasteiger partial charge in [0.2, 0.25) is 0 Å². The van der Waals surface area contributed by atoms with Crippen molar-refractivity contribution in [2.75, 3.05) is 5.32 Å². The zero-order valence-electron chi connectivity index (χ0n) is 13.8. The maximum absolute atomic E-state index is 12.6. The molecule has 0 bridgehead atoms. The molecule has 3 aromatic rings. The Balaban J connectivity index is 1.65. The largest absolute Gasteiger partial charge is 0.457 e.